The smallest absolute Gasteiger partial charge is 0.242 e. The van der Waals surface area contributed by atoms with Gasteiger partial charge in [-0.3, -0.25) is 4.79 Å². The van der Waals surface area contributed by atoms with Gasteiger partial charge in [0.15, 0.2) is 5.96 Å². The first-order valence-corrected chi connectivity index (χ1v) is 8.92. The summed E-state index contributed by atoms with van der Waals surface area (Å²) in [7, 11) is 0. The molecule has 1 rings (SSSR count). The van der Waals surface area contributed by atoms with E-state index in [1.165, 1.54) is 13.0 Å². The molecule has 0 unspecified atom stereocenters. The van der Waals surface area contributed by atoms with Gasteiger partial charge in [-0.25, -0.2) is 4.99 Å². The molecule has 6 nitrogen and oxygen atoms in total. The molecular formula is C17H36IN5O. The lowest BCUT2D eigenvalue weighted by molar-refractivity contribution is -0.121. The minimum absolute atomic E-state index is 0. The van der Waals surface area contributed by atoms with Crippen molar-refractivity contribution in [2.75, 3.05) is 32.7 Å². The highest BCUT2D eigenvalue weighted by Crippen LogP contribution is 2.10. The Morgan fingerprint density at radius 2 is 1.83 bits per heavy atom. The topological polar surface area (TPSA) is 68.8 Å². The van der Waals surface area contributed by atoms with E-state index in [0.29, 0.717) is 6.04 Å². The standard InChI is InChI=1S/C17H35N5O.HI/c1-6-10-22-11-8-14(9-12-22)20-16(18-7-2)19-13-15(23)21-17(3,4)5;/h14H,6-13H2,1-5H3,(H,21,23)(H2,18,19,20);1H. The minimum atomic E-state index is -0.218. The maximum atomic E-state index is 11.9. The SMILES string of the molecule is CCCN1CCC(NC(=NCC(=O)NC(C)(C)C)NCC)CC1.I. The van der Waals surface area contributed by atoms with Crippen LogP contribution in [0.3, 0.4) is 0 Å². The van der Waals surface area contributed by atoms with E-state index in [0.717, 1.165) is 38.4 Å². The molecule has 0 bridgehead atoms. The van der Waals surface area contributed by atoms with Gasteiger partial charge in [-0.05, 0) is 53.5 Å². The first kappa shape index (κ1) is 23.4. The number of nitrogens with zero attached hydrogens (tertiary/aromatic N) is 2. The van der Waals surface area contributed by atoms with Crippen molar-refractivity contribution >= 4 is 35.8 Å². The average molecular weight is 453 g/mol. The third-order valence-corrected chi connectivity index (χ3v) is 3.71. The number of hydrogen-bond acceptors (Lipinski definition) is 3. The Kier molecular flexibility index (Phi) is 11.6. The summed E-state index contributed by atoms with van der Waals surface area (Å²) >= 11 is 0. The number of aliphatic imine (C=N–C) groups is 1. The van der Waals surface area contributed by atoms with Gasteiger partial charge in [0.2, 0.25) is 5.91 Å². The van der Waals surface area contributed by atoms with Gasteiger partial charge >= 0.3 is 0 Å². The van der Waals surface area contributed by atoms with Crippen molar-refractivity contribution in [3.8, 4) is 0 Å². The highest BCUT2D eigenvalue weighted by molar-refractivity contribution is 14.0. The fourth-order valence-electron chi connectivity index (χ4n) is 2.74. The Hall–Kier alpha value is -0.570. The molecule has 1 aliphatic heterocycles. The Morgan fingerprint density at radius 3 is 2.33 bits per heavy atom. The van der Waals surface area contributed by atoms with Crippen molar-refractivity contribution in [2.24, 2.45) is 4.99 Å². The van der Waals surface area contributed by atoms with Crippen LogP contribution in [0.1, 0.15) is 53.9 Å². The van der Waals surface area contributed by atoms with Crippen LogP contribution in [0.2, 0.25) is 0 Å². The molecule has 0 aliphatic carbocycles. The van der Waals surface area contributed by atoms with Crippen LogP contribution < -0.4 is 16.0 Å². The summed E-state index contributed by atoms with van der Waals surface area (Å²) in [6, 6.07) is 0.437. The molecule has 0 spiro atoms. The van der Waals surface area contributed by atoms with E-state index >= 15 is 0 Å². The monoisotopic (exact) mass is 453 g/mol. The van der Waals surface area contributed by atoms with E-state index < -0.39 is 0 Å². The zero-order chi connectivity index (χ0) is 17.3. The Labute approximate surface area is 164 Å². The maximum Gasteiger partial charge on any atom is 0.242 e. The van der Waals surface area contributed by atoms with Gasteiger partial charge < -0.3 is 20.9 Å². The Morgan fingerprint density at radius 1 is 1.21 bits per heavy atom. The highest BCUT2D eigenvalue weighted by Gasteiger charge is 2.19. The number of hydrogen-bond donors (Lipinski definition) is 3. The molecule has 1 saturated heterocycles. The van der Waals surface area contributed by atoms with E-state index in [9.17, 15) is 4.79 Å². The molecule has 0 radical (unpaired) electrons. The molecule has 142 valence electrons. The van der Waals surface area contributed by atoms with Crippen LogP contribution >= 0.6 is 24.0 Å². The number of amides is 1. The zero-order valence-corrected chi connectivity index (χ0v) is 18.3. The van der Waals surface area contributed by atoms with E-state index in [2.05, 4.69) is 32.8 Å². The maximum absolute atomic E-state index is 11.9. The van der Waals surface area contributed by atoms with Crippen LogP contribution in [0.4, 0.5) is 0 Å². The van der Waals surface area contributed by atoms with E-state index in [1.807, 2.05) is 27.7 Å². The lowest BCUT2D eigenvalue weighted by Gasteiger charge is -2.32. The normalized spacial score (nSPS) is 17.1. The van der Waals surface area contributed by atoms with Crippen molar-refractivity contribution in [2.45, 2.75) is 65.5 Å². The summed E-state index contributed by atoms with van der Waals surface area (Å²) < 4.78 is 0. The van der Waals surface area contributed by atoms with E-state index in [-0.39, 0.29) is 42.0 Å². The molecule has 3 N–H and O–H groups in total. The molecular weight excluding hydrogens is 417 g/mol. The summed E-state index contributed by atoms with van der Waals surface area (Å²) in [6.07, 6.45) is 3.46. The number of carbonyl (C=O) groups excluding carboxylic acids is 1. The third kappa shape index (κ3) is 10.3. The second-order valence-corrected chi connectivity index (χ2v) is 7.25. The molecule has 0 aromatic heterocycles. The predicted molar refractivity (Wildman–Crippen MR) is 112 cm³/mol. The first-order valence-electron chi connectivity index (χ1n) is 8.92. The Bertz CT molecular complexity index is 387. The zero-order valence-electron chi connectivity index (χ0n) is 15.9. The van der Waals surface area contributed by atoms with Crippen LogP contribution in [-0.2, 0) is 4.79 Å². The molecule has 7 heteroatoms. The summed E-state index contributed by atoms with van der Waals surface area (Å²) in [4.78, 5) is 18.8. The van der Waals surface area contributed by atoms with Crippen LogP contribution in [0.15, 0.2) is 4.99 Å². The lowest BCUT2D eigenvalue weighted by Crippen LogP contribution is -2.49. The van der Waals surface area contributed by atoms with Gasteiger partial charge in [-0.1, -0.05) is 6.92 Å². The summed E-state index contributed by atoms with van der Waals surface area (Å²) in [6.45, 7) is 14.6. The number of rotatable bonds is 6. The van der Waals surface area contributed by atoms with Crippen LogP contribution in [-0.4, -0.2) is 61.1 Å². The number of guanidine groups is 1. The number of halogens is 1. The van der Waals surface area contributed by atoms with Gasteiger partial charge in [-0.15, -0.1) is 24.0 Å². The molecule has 1 fully saturated rings. The quantitative estimate of drug-likeness (QED) is 0.327. The first-order chi connectivity index (χ1) is 10.8. The van der Waals surface area contributed by atoms with Crippen molar-refractivity contribution in [1.29, 1.82) is 0 Å². The van der Waals surface area contributed by atoms with Crippen molar-refractivity contribution in [3.63, 3.8) is 0 Å². The second kappa shape index (κ2) is 11.9. The summed E-state index contributed by atoms with van der Waals surface area (Å²) in [5, 5.41) is 9.63. The van der Waals surface area contributed by atoms with Gasteiger partial charge in [0.05, 0.1) is 0 Å². The van der Waals surface area contributed by atoms with E-state index in [1.54, 1.807) is 0 Å². The van der Waals surface area contributed by atoms with Crippen molar-refractivity contribution in [3.05, 3.63) is 0 Å². The number of likely N-dealkylation sites (tertiary alicyclic amines) is 1. The minimum Gasteiger partial charge on any atom is -0.357 e. The van der Waals surface area contributed by atoms with Crippen LogP contribution in [0, 0.1) is 0 Å². The molecule has 0 aromatic rings. The van der Waals surface area contributed by atoms with Crippen LogP contribution in [0.5, 0.6) is 0 Å². The fraction of sp³-hybridized carbons (Fsp3) is 0.882. The highest BCUT2D eigenvalue weighted by atomic mass is 127. The molecule has 0 atom stereocenters. The summed E-state index contributed by atoms with van der Waals surface area (Å²) in [5.41, 5.74) is -0.218. The third-order valence-electron chi connectivity index (χ3n) is 3.71. The Balaban J connectivity index is 0.00000529. The fourth-order valence-corrected chi connectivity index (χ4v) is 2.74. The molecule has 24 heavy (non-hydrogen) atoms. The number of carbonyl (C=O) groups is 1. The average Bonchev–Trinajstić information content (AvgIpc) is 2.45. The van der Waals surface area contributed by atoms with Gasteiger partial charge in [0.1, 0.15) is 6.54 Å². The van der Waals surface area contributed by atoms with Gasteiger partial charge in [-0.2, -0.15) is 0 Å². The second-order valence-electron chi connectivity index (χ2n) is 7.25. The van der Waals surface area contributed by atoms with Gasteiger partial charge in [0, 0.05) is 31.2 Å². The molecule has 0 saturated carbocycles. The summed E-state index contributed by atoms with van der Waals surface area (Å²) in [5.74, 6) is 0.693. The molecule has 1 heterocycles. The van der Waals surface area contributed by atoms with Crippen LogP contribution in [0.25, 0.3) is 0 Å². The predicted octanol–water partition coefficient (Wildman–Crippen LogP) is 1.95. The van der Waals surface area contributed by atoms with Gasteiger partial charge in [0.25, 0.3) is 0 Å². The number of nitrogens with one attached hydrogen (secondary N) is 3. The molecule has 1 aliphatic rings. The van der Waals surface area contributed by atoms with Crippen molar-refractivity contribution in [1.82, 2.24) is 20.9 Å². The van der Waals surface area contributed by atoms with E-state index in [4.69, 9.17) is 0 Å². The molecule has 1 amide bonds. The molecule has 0 aromatic carbocycles. The number of piperidine rings is 1. The lowest BCUT2D eigenvalue weighted by atomic mass is 10.1. The largest absolute Gasteiger partial charge is 0.357 e. The van der Waals surface area contributed by atoms with Crippen molar-refractivity contribution < 1.29 is 4.79 Å².